The molecule has 0 radical (unpaired) electrons. The highest BCUT2D eigenvalue weighted by molar-refractivity contribution is 5.87. The van der Waals surface area contributed by atoms with Gasteiger partial charge in [0, 0.05) is 5.92 Å². The largest absolute Gasteiger partial charge is 0.453 e. The van der Waals surface area contributed by atoms with Crippen LogP contribution in [0.2, 0.25) is 0 Å². The molecule has 0 aromatic carbocycles. The third-order valence-electron chi connectivity index (χ3n) is 1.63. The van der Waals surface area contributed by atoms with Crippen LogP contribution in [0.15, 0.2) is 0 Å². The maximum Gasteiger partial charge on any atom is 0.407 e. The minimum atomic E-state index is -0.543. The molecule has 0 saturated heterocycles. The summed E-state index contributed by atoms with van der Waals surface area (Å²) in [5.41, 5.74) is 0. The van der Waals surface area contributed by atoms with Gasteiger partial charge in [0.2, 0.25) is 0 Å². The van der Waals surface area contributed by atoms with E-state index in [1.807, 2.05) is 0 Å². The number of rotatable bonds is 3. The van der Waals surface area contributed by atoms with Crippen LogP contribution < -0.4 is 5.32 Å². The topological polar surface area (TPSA) is 55.4 Å². The molecule has 1 rings (SSSR count). The second-order valence-electron chi connectivity index (χ2n) is 2.59. The lowest BCUT2D eigenvalue weighted by Crippen LogP contribution is -2.29. The number of carbonyl (C=O) groups is 2. The first-order chi connectivity index (χ1) is 5.24. The van der Waals surface area contributed by atoms with Crippen LogP contribution in [0.1, 0.15) is 12.8 Å². The van der Waals surface area contributed by atoms with Crippen molar-refractivity contribution in [3.05, 3.63) is 0 Å². The average Bonchev–Trinajstić information content (AvgIpc) is 2.81. The molecule has 1 aliphatic rings. The zero-order valence-electron chi connectivity index (χ0n) is 6.42. The first-order valence-corrected chi connectivity index (χ1v) is 3.58. The highest BCUT2D eigenvalue weighted by atomic mass is 16.5. The highest BCUT2D eigenvalue weighted by Gasteiger charge is 2.29. The first-order valence-electron chi connectivity index (χ1n) is 3.58. The average molecular weight is 157 g/mol. The molecule has 4 nitrogen and oxygen atoms in total. The van der Waals surface area contributed by atoms with Gasteiger partial charge in [0.1, 0.15) is 0 Å². The Labute approximate surface area is 64.9 Å². The van der Waals surface area contributed by atoms with E-state index in [9.17, 15) is 9.59 Å². The number of nitrogens with one attached hydrogen (secondary N) is 1. The number of amides is 1. The maximum atomic E-state index is 11.0. The summed E-state index contributed by atoms with van der Waals surface area (Å²) in [5, 5.41) is 2.34. The van der Waals surface area contributed by atoms with Crippen molar-refractivity contribution in [3.63, 3.8) is 0 Å². The molecule has 0 aromatic heterocycles. The molecule has 11 heavy (non-hydrogen) atoms. The predicted octanol–water partition coefficient (Wildman–Crippen LogP) is 0.321. The monoisotopic (exact) mass is 157 g/mol. The van der Waals surface area contributed by atoms with Crippen LogP contribution in [0.3, 0.4) is 0 Å². The van der Waals surface area contributed by atoms with Crippen molar-refractivity contribution >= 4 is 11.9 Å². The summed E-state index contributed by atoms with van der Waals surface area (Å²) in [6.45, 7) is 0.108. The summed E-state index contributed by atoms with van der Waals surface area (Å²) in [7, 11) is 1.27. The third kappa shape index (κ3) is 2.57. The van der Waals surface area contributed by atoms with Gasteiger partial charge in [-0.05, 0) is 12.8 Å². The van der Waals surface area contributed by atoms with Gasteiger partial charge in [-0.25, -0.2) is 4.79 Å². The Bertz CT molecular complexity index is 175. The van der Waals surface area contributed by atoms with Crippen molar-refractivity contribution in [2.45, 2.75) is 12.8 Å². The number of carbonyl (C=O) groups excluding carboxylic acids is 2. The normalized spacial score (nSPS) is 15.7. The second-order valence-corrected chi connectivity index (χ2v) is 2.59. The molecule has 0 atom stereocenters. The van der Waals surface area contributed by atoms with E-state index in [2.05, 4.69) is 10.1 Å². The molecule has 1 saturated carbocycles. The van der Waals surface area contributed by atoms with E-state index in [4.69, 9.17) is 0 Å². The van der Waals surface area contributed by atoms with E-state index in [-0.39, 0.29) is 18.2 Å². The van der Waals surface area contributed by atoms with Gasteiger partial charge in [0.25, 0.3) is 0 Å². The lowest BCUT2D eigenvalue weighted by atomic mass is 10.3. The number of hydrogen-bond donors (Lipinski definition) is 1. The molecule has 0 heterocycles. The summed E-state index contributed by atoms with van der Waals surface area (Å²) in [6, 6.07) is 0. The van der Waals surface area contributed by atoms with Gasteiger partial charge in [0.05, 0.1) is 13.7 Å². The van der Waals surface area contributed by atoms with Gasteiger partial charge in [0.15, 0.2) is 5.78 Å². The third-order valence-corrected chi connectivity index (χ3v) is 1.63. The maximum absolute atomic E-state index is 11.0. The zero-order chi connectivity index (χ0) is 8.27. The van der Waals surface area contributed by atoms with Gasteiger partial charge in [-0.1, -0.05) is 0 Å². The van der Waals surface area contributed by atoms with E-state index in [1.54, 1.807) is 0 Å². The minimum Gasteiger partial charge on any atom is -0.453 e. The van der Waals surface area contributed by atoms with Crippen LogP contribution in [0.25, 0.3) is 0 Å². The Hall–Kier alpha value is -1.06. The molecule has 0 aromatic rings. The number of alkyl carbamates (subject to hydrolysis) is 1. The SMILES string of the molecule is COC(=O)NCC(=O)C1CC1. The summed E-state index contributed by atoms with van der Waals surface area (Å²) >= 11 is 0. The van der Waals surface area contributed by atoms with Crippen LogP contribution in [-0.2, 0) is 9.53 Å². The number of ether oxygens (including phenoxy) is 1. The van der Waals surface area contributed by atoms with Crippen molar-refractivity contribution < 1.29 is 14.3 Å². The number of Topliss-reactive ketones (excluding diaryl/α,β-unsaturated/α-hetero) is 1. The molecule has 0 spiro atoms. The van der Waals surface area contributed by atoms with Crippen molar-refractivity contribution in [1.29, 1.82) is 0 Å². The van der Waals surface area contributed by atoms with Gasteiger partial charge in [-0.2, -0.15) is 0 Å². The number of hydrogen-bond acceptors (Lipinski definition) is 3. The van der Waals surface area contributed by atoms with E-state index >= 15 is 0 Å². The number of methoxy groups -OCH3 is 1. The fourth-order valence-electron chi connectivity index (χ4n) is 0.781. The van der Waals surface area contributed by atoms with Gasteiger partial charge in [-0.3, -0.25) is 4.79 Å². The van der Waals surface area contributed by atoms with Crippen molar-refractivity contribution in [1.82, 2.24) is 5.32 Å². The highest BCUT2D eigenvalue weighted by Crippen LogP contribution is 2.29. The van der Waals surface area contributed by atoms with E-state index in [0.717, 1.165) is 12.8 Å². The van der Waals surface area contributed by atoms with Crippen LogP contribution in [0.4, 0.5) is 4.79 Å². The summed E-state index contributed by atoms with van der Waals surface area (Å²) < 4.78 is 4.30. The van der Waals surface area contributed by atoms with Gasteiger partial charge >= 0.3 is 6.09 Å². The van der Waals surface area contributed by atoms with Crippen molar-refractivity contribution in [2.75, 3.05) is 13.7 Å². The van der Waals surface area contributed by atoms with E-state index < -0.39 is 6.09 Å². The predicted molar refractivity (Wildman–Crippen MR) is 38.1 cm³/mol. The molecule has 1 amide bonds. The quantitative estimate of drug-likeness (QED) is 0.642. The molecule has 1 fully saturated rings. The van der Waals surface area contributed by atoms with Gasteiger partial charge in [-0.15, -0.1) is 0 Å². The molecule has 62 valence electrons. The Morgan fingerprint density at radius 3 is 2.64 bits per heavy atom. The molecule has 0 unspecified atom stereocenters. The summed E-state index contributed by atoms with van der Waals surface area (Å²) in [4.78, 5) is 21.4. The molecular formula is C7H11NO3. The molecule has 1 N–H and O–H groups in total. The molecule has 0 aliphatic heterocycles. The van der Waals surface area contributed by atoms with Crippen LogP contribution in [-0.4, -0.2) is 25.5 Å². The summed E-state index contributed by atoms with van der Waals surface area (Å²) in [5.74, 6) is 0.308. The Morgan fingerprint density at radius 2 is 2.18 bits per heavy atom. The minimum absolute atomic E-state index is 0.107. The van der Waals surface area contributed by atoms with E-state index in [0.29, 0.717) is 0 Å². The Kier molecular flexibility index (Phi) is 2.46. The van der Waals surface area contributed by atoms with Gasteiger partial charge < -0.3 is 10.1 Å². The summed E-state index contributed by atoms with van der Waals surface area (Å²) in [6.07, 6.45) is 1.41. The fourth-order valence-corrected chi connectivity index (χ4v) is 0.781. The molecular weight excluding hydrogens is 146 g/mol. The first kappa shape index (κ1) is 8.04. The smallest absolute Gasteiger partial charge is 0.407 e. The van der Waals surface area contributed by atoms with Crippen LogP contribution >= 0.6 is 0 Å². The Balaban J connectivity index is 2.10. The van der Waals surface area contributed by atoms with Crippen molar-refractivity contribution in [2.24, 2.45) is 5.92 Å². The number of ketones is 1. The standard InChI is InChI=1S/C7H11NO3/c1-11-7(10)8-4-6(9)5-2-3-5/h5H,2-4H2,1H3,(H,8,10). The molecule has 1 aliphatic carbocycles. The fraction of sp³-hybridized carbons (Fsp3) is 0.714. The molecule has 4 heteroatoms. The zero-order valence-corrected chi connectivity index (χ0v) is 6.42. The second kappa shape index (κ2) is 3.37. The van der Waals surface area contributed by atoms with E-state index in [1.165, 1.54) is 7.11 Å². The molecule has 0 bridgehead atoms. The lowest BCUT2D eigenvalue weighted by molar-refractivity contribution is -0.119. The van der Waals surface area contributed by atoms with Crippen LogP contribution in [0, 0.1) is 5.92 Å². The Morgan fingerprint density at radius 1 is 1.55 bits per heavy atom. The van der Waals surface area contributed by atoms with Crippen LogP contribution in [0.5, 0.6) is 0 Å². The van der Waals surface area contributed by atoms with Crippen molar-refractivity contribution in [3.8, 4) is 0 Å². The lowest BCUT2D eigenvalue weighted by Gasteiger charge is -2.00.